The first-order valence-electron chi connectivity index (χ1n) is 7.63. The molecule has 17 heavy (non-hydrogen) atoms. The summed E-state index contributed by atoms with van der Waals surface area (Å²) in [5.74, 6) is 0.943. The van der Waals surface area contributed by atoms with E-state index in [4.69, 9.17) is 0 Å². The molecule has 1 saturated carbocycles. The van der Waals surface area contributed by atoms with Crippen LogP contribution in [0.1, 0.15) is 58.8 Å². The Balaban J connectivity index is 1.76. The fourth-order valence-corrected chi connectivity index (χ4v) is 3.58. The summed E-state index contributed by atoms with van der Waals surface area (Å²) in [5, 5.41) is 3.91. The van der Waals surface area contributed by atoms with E-state index in [9.17, 15) is 0 Å². The monoisotopic (exact) mass is 238 g/mol. The van der Waals surface area contributed by atoms with Crippen LogP contribution in [0.4, 0.5) is 0 Å². The second kappa shape index (κ2) is 6.19. The van der Waals surface area contributed by atoms with E-state index in [0.29, 0.717) is 0 Å². The lowest BCUT2D eigenvalue weighted by atomic mass is 9.84. The molecule has 3 unspecified atom stereocenters. The van der Waals surface area contributed by atoms with E-state index in [1.807, 2.05) is 0 Å². The molecule has 2 rings (SSSR count). The van der Waals surface area contributed by atoms with Crippen LogP contribution in [-0.2, 0) is 0 Å². The molecule has 0 amide bonds. The van der Waals surface area contributed by atoms with Gasteiger partial charge in [0.05, 0.1) is 0 Å². The van der Waals surface area contributed by atoms with Crippen molar-refractivity contribution >= 4 is 0 Å². The predicted octanol–water partition coefficient (Wildman–Crippen LogP) is 3.03. The number of piperidine rings is 1. The van der Waals surface area contributed by atoms with Gasteiger partial charge in [-0.15, -0.1) is 0 Å². The minimum Gasteiger partial charge on any atom is -0.311 e. The molecule has 1 N–H and O–H groups in total. The van der Waals surface area contributed by atoms with Crippen molar-refractivity contribution in [3.8, 4) is 0 Å². The number of hydrogen-bond donors (Lipinski definition) is 1. The third-order valence-corrected chi connectivity index (χ3v) is 5.06. The highest BCUT2D eigenvalue weighted by molar-refractivity contribution is 4.85. The van der Waals surface area contributed by atoms with Crippen molar-refractivity contribution in [2.75, 3.05) is 13.6 Å². The lowest BCUT2D eigenvalue weighted by Gasteiger charge is -2.38. The van der Waals surface area contributed by atoms with Crippen LogP contribution in [0.3, 0.4) is 0 Å². The van der Waals surface area contributed by atoms with E-state index in [1.165, 1.54) is 51.5 Å². The second-order valence-corrected chi connectivity index (χ2v) is 6.40. The van der Waals surface area contributed by atoms with Crippen LogP contribution >= 0.6 is 0 Å². The average Bonchev–Trinajstić information content (AvgIpc) is 2.35. The van der Waals surface area contributed by atoms with Gasteiger partial charge in [-0.3, -0.25) is 0 Å². The van der Waals surface area contributed by atoms with Crippen LogP contribution < -0.4 is 5.32 Å². The molecule has 1 saturated heterocycles. The number of rotatable bonds is 3. The van der Waals surface area contributed by atoms with Crippen LogP contribution in [0.15, 0.2) is 0 Å². The molecular formula is C15H30N2. The molecule has 0 bridgehead atoms. The molecule has 2 fully saturated rings. The highest BCUT2D eigenvalue weighted by Gasteiger charge is 2.26. The topological polar surface area (TPSA) is 15.3 Å². The third kappa shape index (κ3) is 3.69. The zero-order chi connectivity index (χ0) is 12.3. The Morgan fingerprint density at radius 1 is 1.12 bits per heavy atom. The largest absolute Gasteiger partial charge is 0.311 e. The molecule has 0 aromatic carbocycles. The van der Waals surface area contributed by atoms with E-state index in [2.05, 4.69) is 31.1 Å². The van der Waals surface area contributed by atoms with Crippen molar-refractivity contribution in [2.45, 2.75) is 76.9 Å². The maximum Gasteiger partial charge on any atom is 0.00966 e. The summed E-state index contributed by atoms with van der Waals surface area (Å²) in [6, 6.07) is 2.24. The van der Waals surface area contributed by atoms with Crippen LogP contribution in [0, 0.1) is 5.92 Å². The molecule has 0 aromatic heterocycles. The van der Waals surface area contributed by atoms with Crippen molar-refractivity contribution in [3.63, 3.8) is 0 Å². The molecule has 2 aliphatic rings. The lowest BCUT2D eigenvalue weighted by molar-refractivity contribution is 0.151. The molecule has 100 valence electrons. The van der Waals surface area contributed by atoms with Gasteiger partial charge >= 0.3 is 0 Å². The number of nitrogens with one attached hydrogen (secondary N) is 1. The summed E-state index contributed by atoms with van der Waals surface area (Å²) in [4.78, 5) is 2.49. The average molecular weight is 238 g/mol. The molecule has 2 nitrogen and oxygen atoms in total. The first-order valence-corrected chi connectivity index (χ1v) is 7.63. The van der Waals surface area contributed by atoms with Gasteiger partial charge in [-0.05, 0) is 59.0 Å². The van der Waals surface area contributed by atoms with E-state index >= 15 is 0 Å². The maximum atomic E-state index is 3.91. The van der Waals surface area contributed by atoms with Gasteiger partial charge in [0.1, 0.15) is 0 Å². The zero-order valence-electron chi connectivity index (χ0n) is 11.9. The van der Waals surface area contributed by atoms with E-state index in [0.717, 1.165) is 24.0 Å². The minimum absolute atomic E-state index is 0.732. The molecule has 1 heterocycles. The lowest BCUT2D eigenvalue weighted by Crippen LogP contribution is -2.49. The Hall–Kier alpha value is -0.0800. The highest BCUT2D eigenvalue weighted by atomic mass is 15.1. The molecular weight excluding hydrogens is 208 g/mol. The Morgan fingerprint density at radius 2 is 1.82 bits per heavy atom. The number of nitrogens with zero attached hydrogens (tertiary/aromatic N) is 1. The summed E-state index contributed by atoms with van der Waals surface area (Å²) in [7, 11) is 2.26. The molecule has 1 aliphatic heterocycles. The van der Waals surface area contributed by atoms with Gasteiger partial charge in [-0.2, -0.15) is 0 Å². The standard InChI is InChI=1S/C15H30N2/c1-12-11-15(9-10-17(12)3)16-13(2)14-7-5-4-6-8-14/h12-16H,4-11H2,1-3H3. The first kappa shape index (κ1) is 13.4. The fourth-order valence-electron chi connectivity index (χ4n) is 3.58. The van der Waals surface area contributed by atoms with Gasteiger partial charge in [0, 0.05) is 18.1 Å². The normalized spacial score (nSPS) is 34.8. The summed E-state index contributed by atoms with van der Waals surface area (Å²) in [5.41, 5.74) is 0. The number of likely N-dealkylation sites (tertiary alicyclic amines) is 1. The summed E-state index contributed by atoms with van der Waals surface area (Å²) in [6.45, 7) is 6.04. The Labute approximate surface area is 107 Å². The molecule has 0 radical (unpaired) electrons. The third-order valence-electron chi connectivity index (χ3n) is 5.06. The smallest absolute Gasteiger partial charge is 0.00966 e. The predicted molar refractivity (Wildman–Crippen MR) is 74.3 cm³/mol. The van der Waals surface area contributed by atoms with Crippen molar-refractivity contribution in [2.24, 2.45) is 5.92 Å². The first-order chi connectivity index (χ1) is 8.16. The summed E-state index contributed by atoms with van der Waals surface area (Å²) in [6.07, 6.45) is 9.95. The van der Waals surface area contributed by atoms with Gasteiger partial charge in [-0.1, -0.05) is 19.3 Å². The Kier molecular flexibility index (Phi) is 4.87. The molecule has 0 aromatic rings. The Morgan fingerprint density at radius 3 is 2.47 bits per heavy atom. The highest BCUT2D eigenvalue weighted by Crippen LogP contribution is 2.27. The molecule has 1 aliphatic carbocycles. The fraction of sp³-hybridized carbons (Fsp3) is 1.00. The van der Waals surface area contributed by atoms with Crippen LogP contribution in [0.25, 0.3) is 0 Å². The zero-order valence-corrected chi connectivity index (χ0v) is 11.9. The number of hydrogen-bond acceptors (Lipinski definition) is 2. The van der Waals surface area contributed by atoms with Gasteiger partial charge in [-0.25, -0.2) is 0 Å². The van der Waals surface area contributed by atoms with E-state index < -0.39 is 0 Å². The van der Waals surface area contributed by atoms with Crippen LogP contribution in [0.5, 0.6) is 0 Å². The van der Waals surface area contributed by atoms with Gasteiger partial charge < -0.3 is 10.2 Å². The molecule has 0 spiro atoms. The van der Waals surface area contributed by atoms with Gasteiger partial charge in [0.2, 0.25) is 0 Å². The maximum absolute atomic E-state index is 3.91. The van der Waals surface area contributed by atoms with E-state index in [1.54, 1.807) is 0 Å². The summed E-state index contributed by atoms with van der Waals surface area (Å²) >= 11 is 0. The van der Waals surface area contributed by atoms with Gasteiger partial charge in [0.15, 0.2) is 0 Å². The SMILES string of the molecule is CC(NC1CCN(C)C(C)C1)C1CCCCC1. The van der Waals surface area contributed by atoms with Gasteiger partial charge in [0.25, 0.3) is 0 Å². The van der Waals surface area contributed by atoms with E-state index in [-0.39, 0.29) is 0 Å². The second-order valence-electron chi connectivity index (χ2n) is 6.40. The van der Waals surface area contributed by atoms with Crippen molar-refractivity contribution in [3.05, 3.63) is 0 Å². The van der Waals surface area contributed by atoms with Crippen molar-refractivity contribution < 1.29 is 0 Å². The minimum atomic E-state index is 0.732. The summed E-state index contributed by atoms with van der Waals surface area (Å²) < 4.78 is 0. The molecule has 2 heteroatoms. The quantitative estimate of drug-likeness (QED) is 0.813. The van der Waals surface area contributed by atoms with Crippen LogP contribution in [0.2, 0.25) is 0 Å². The van der Waals surface area contributed by atoms with Crippen molar-refractivity contribution in [1.82, 2.24) is 10.2 Å². The Bertz CT molecular complexity index is 223. The molecule has 3 atom stereocenters. The van der Waals surface area contributed by atoms with Crippen molar-refractivity contribution in [1.29, 1.82) is 0 Å². The van der Waals surface area contributed by atoms with Crippen LogP contribution in [-0.4, -0.2) is 36.6 Å².